The van der Waals surface area contributed by atoms with E-state index in [4.69, 9.17) is 0 Å². The van der Waals surface area contributed by atoms with Crippen LogP contribution in [-0.4, -0.2) is 49.8 Å². The molecule has 1 saturated carbocycles. The summed E-state index contributed by atoms with van der Waals surface area (Å²) in [5.74, 6) is 2.72. The van der Waals surface area contributed by atoms with Gasteiger partial charge in [0.05, 0.1) is 0 Å². The largest absolute Gasteiger partial charge is 0.356 e. The number of rotatable bonds is 4. The Kier molecular flexibility index (Phi) is 5.31. The average Bonchev–Trinajstić information content (AvgIpc) is 3.25. The Balaban J connectivity index is 1.31. The predicted octanol–water partition coefficient (Wildman–Crippen LogP) is 1.97. The van der Waals surface area contributed by atoms with Gasteiger partial charge in [0, 0.05) is 31.1 Å². The summed E-state index contributed by atoms with van der Waals surface area (Å²) in [6.07, 6.45) is 11.1. The second kappa shape index (κ2) is 8.02. The Morgan fingerprint density at radius 3 is 2.48 bits per heavy atom. The van der Waals surface area contributed by atoms with Crippen molar-refractivity contribution in [3.05, 3.63) is 25.0 Å². The van der Waals surface area contributed by atoms with E-state index < -0.39 is 0 Å². The van der Waals surface area contributed by atoms with Gasteiger partial charge in [0.2, 0.25) is 5.91 Å². The first kappa shape index (κ1) is 17.9. The fraction of sp³-hybridized carbons (Fsp3) is 0.632. The molecular formula is C19H27N7O. The highest BCUT2D eigenvalue weighted by molar-refractivity contribution is 5.79. The van der Waals surface area contributed by atoms with E-state index in [1.54, 1.807) is 17.3 Å². The summed E-state index contributed by atoms with van der Waals surface area (Å²) < 4.78 is 1.62. The lowest BCUT2D eigenvalue weighted by atomic mass is 9.86. The Labute approximate surface area is 159 Å². The summed E-state index contributed by atoms with van der Waals surface area (Å²) in [7, 11) is 0. The Morgan fingerprint density at radius 2 is 1.78 bits per heavy atom. The summed E-state index contributed by atoms with van der Waals surface area (Å²) in [4.78, 5) is 27.4. The first-order valence-electron chi connectivity index (χ1n) is 9.91. The minimum absolute atomic E-state index is 0.109. The van der Waals surface area contributed by atoms with Crippen molar-refractivity contribution in [3.8, 4) is 5.82 Å². The summed E-state index contributed by atoms with van der Waals surface area (Å²) in [5.41, 5.74) is 0. The van der Waals surface area contributed by atoms with Crippen molar-refractivity contribution < 1.29 is 4.79 Å². The van der Waals surface area contributed by atoms with Crippen LogP contribution in [0.25, 0.3) is 5.82 Å². The molecule has 0 aromatic carbocycles. The van der Waals surface area contributed by atoms with Crippen LogP contribution in [0.2, 0.25) is 0 Å². The molecule has 2 fully saturated rings. The Hall–Kier alpha value is -2.51. The molecule has 0 spiro atoms. The third-order valence-corrected chi connectivity index (χ3v) is 5.84. The number of hydrogen-bond acceptors (Lipinski definition) is 6. The maximum absolute atomic E-state index is 12.6. The SMILES string of the molecule is CC1CCC(NC(=O)C2CCN(c3cc(-n4cncn4)ncn3)CC2)CC1. The van der Waals surface area contributed by atoms with Gasteiger partial charge in [-0.15, -0.1) is 0 Å². The van der Waals surface area contributed by atoms with Gasteiger partial charge in [0.25, 0.3) is 0 Å². The second-order valence-corrected chi connectivity index (χ2v) is 7.80. The third kappa shape index (κ3) is 4.26. The van der Waals surface area contributed by atoms with Crippen molar-refractivity contribution in [2.24, 2.45) is 11.8 Å². The van der Waals surface area contributed by atoms with E-state index in [1.807, 2.05) is 6.07 Å². The first-order chi connectivity index (χ1) is 13.2. The zero-order valence-corrected chi connectivity index (χ0v) is 15.8. The number of carbonyl (C=O) groups is 1. The molecule has 8 nitrogen and oxygen atoms in total. The molecule has 4 rings (SSSR count). The summed E-state index contributed by atoms with van der Waals surface area (Å²) in [5, 5.41) is 7.40. The molecule has 2 aromatic heterocycles. The molecule has 1 saturated heterocycles. The van der Waals surface area contributed by atoms with Gasteiger partial charge < -0.3 is 10.2 Å². The highest BCUT2D eigenvalue weighted by atomic mass is 16.1. The summed E-state index contributed by atoms with van der Waals surface area (Å²) in [6.45, 7) is 3.95. The topological polar surface area (TPSA) is 88.8 Å². The van der Waals surface area contributed by atoms with Gasteiger partial charge in [-0.25, -0.2) is 19.6 Å². The van der Waals surface area contributed by atoms with Gasteiger partial charge in [-0.3, -0.25) is 4.79 Å². The van der Waals surface area contributed by atoms with Crippen LogP contribution in [0.3, 0.4) is 0 Å². The highest BCUT2D eigenvalue weighted by Gasteiger charge is 2.28. The van der Waals surface area contributed by atoms with E-state index >= 15 is 0 Å². The van der Waals surface area contributed by atoms with E-state index in [0.29, 0.717) is 11.9 Å². The Bertz CT molecular complexity index is 747. The van der Waals surface area contributed by atoms with Gasteiger partial charge in [0.15, 0.2) is 5.82 Å². The minimum Gasteiger partial charge on any atom is -0.356 e. The fourth-order valence-corrected chi connectivity index (χ4v) is 4.06. The van der Waals surface area contributed by atoms with Gasteiger partial charge in [-0.1, -0.05) is 6.92 Å². The zero-order valence-electron chi connectivity index (χ0n) is 15.8. The maximum atomic E-state index is 12.6. The maximum Gasteiger partial charge on any atom is 0.223 e. The molecule has 0 radical (unpaired) electrons. The van der Waals surface area contributed by atoms with Gasteiger partial charge >= 0.3 is 0 Å². The standard InChI is InChI=1S/C19H27N7O/c1-14-2-4-16(5-3-14)24-19(27)15-6-8-25(9-7-15)17-10-18(22-12-21-17)26-13-20-11-23-26/h10-16H,2-9H2,1H3,(H,24,27). The lowest BCUT2D eigenvalue weighted by Crippen LogP contribution is -2.45. The molecule has 0 bridgehead atoms. The van der Waals surface area contributed by atoms with Crippen molar-refractivity contribution in [2.75, 3.05) is 18.0 Å². The van der Waals surface area contributed by atoms with Crippen LogP contribution in [0, 0.1) is 11.8 Å². The Morgan fingerprint density at radius 1 is 1.04 bits per heavy atom. The van der Waals surface area contributed by atoms with Crippen LogP contribution in [-0.2, 0) is 4.79 Å². The molecule has 2 aliphatic rings. The van der Waals surface area contributed by atoms with Crippen molar-refractivity contribution >= 4 is 11.7 Å². The molecule has 27 heavy (non-hydrogen) atoms. The lowest BCUT2D eigenvalue weighted by molar-refractivity contribution is -0.126. The first-order valence-corrected chi connectivity index (χ1v) is 9.91. The van der Waals surface area contributed by atoms with E-state index in [9.17, 15) is 4.79 Å². The second-order valence-electron chi connectivity index (χ2n) is 7.80. The third-order valence-electron chi connectivity index (χ3n) is 5.84. The van der Waals surface area contributed by atoms with Crippen LogP contribution in [0.5, 0.6) is 0 Å². The zero-order chi connectivity index (χ0) is 18.6. The molecule has 1 N–H and O–H groups in total. The molecule has 1 amide bonds. The number of anilines is 1. The normalized spacial score (nSPS) is 24.0. The van der Waals surface area contributed by atoms with E-state index in [-0.39, 0.29) is 11.8 Å². The van der Waals surface area contributed by atoms with Gasteiger partial charge in [0.1, 0.15) is 24.8 Å². The number of hydrogen-bond donors (Lipinski definition) is 1. The number of aromatic nitrogens is 5. The molecule has 144 valence electrons. The van der Waals surface area contributed by atoms with Crippen molar-refractivity contribution in [1.29, 1.82) is 0 Å². The smallest absolute Gasteiger partial charge is 0.223 e. The van der Waals surface area contributed by atoms with Crippen molar-refractivity contribution in [2.45, 2.75) is 51.5 Å². The minimum atomic E-state index is 0.109. The average molecular weight is 369 g/mol. The van der Waals surface area contributed by atoms with E-state index in [1.165, 1.54) is 19.2 Å². The van der Waals surface area contributed by atoms with Crippen LogP contribution in [0.4, 0.5) is 5.82 Å². The summed E-state index contributed by atoms with van der Waals surface area (Å²) in [6, 6.07) is 2.29. The molecule has 0 unspecified atom stereocenters. The monoisotopic (exact) mass is 369 g/mol. The van der Waals surface area contributed by atoms with Gasteiger partial charge in [-0.05, 0) is 44.4 Å². The molecule has 1 aliphatic heterocycles. The van der Waals surface area contributed by atoms with Crippen LogP contribution in [0.1, 0.15) is 45.4 Å². The van der Waals surface area contributed by atoms with Crippen LogP contribution in [0.15, 0.2) is 25.0 Å². The quantitative estimate of drug-likeness (QED) is 0.886. The van der Waals surface area contributed by atoms with E-state index in [0.717, 1.165) is 50.5 Å². The molecule has 3 heterocycles. The van der Waals surface area contributed by atoms with Crippen molar-refractivity contribution in [3.63, 3.8) is 0 Å². The predicted molar refractivity (Wildman–Crippen MR) is 101 cm³/mol. The number of nitrogens with zero attached hydrogens (tertiary/aromatic N) is 6. The van der Waals surface area contributed by atoms with Crippen LogP contribution >= 0.6 is 0 Å². The van der Waals surface area contributed by atoms with E-state index in [2.05, 4.69) is 37.2 Å². The lowest BCUT2D eigenvalue weighted by Gasteiger charge is -2.34. The molecular weight excluding hydrogens is 342 g/mol. The van der Waals surface area contributed by atoms with Crippen LogP contribution < -0.4 is 10.2 Å². The van der Waals surface area contributed by atoms with Gasteiger partial charge in [-0.2, -0.15) is 5.10 Å². The molecule has 0 atom stereocenters. The highest BCUT2D eigenvalue weighted by Crippen LogP contribution is 2.26. The fourth-order valence-electron chi connectivity index (χ4n) is 4.06. The number of carbonyl (C=O) groups excluding carboxylic acids is 1. The number of amides is 1. The molecule has 2 aromatic rings. The number of nitrogens with one attached hydrogen (secondary N) is 1. The van der Waals surface area contributed by atoms with Crippen molar-refractivity contribution in [1.82, 2.24) is 30.0 Å². The number of piperidine rings is 1. The summed E-state index contributed by atoms with van der Waals surface area (Å²) >= 11 is 0. The molecule has 1 aliphatic carbocycles. The molecule has 8 heteroatoms.